The highest BCUT2D eigenvalue weighted by molar-refractivity contribution is 6.00. The molecule has 1 radical (unpaired) electrons. The molecule has 2 aromatic heterocycles. The highest BCUT2D eigenvalue weighted by Crippen LogP contribution is 2.32. The fourth-order valence-electron chi connectivity index (χ4n) is 2.97. The molecule has 33 heavy (non-hydrogen) atoms. The number of fused-ring (bicyclic) bond motifs is 1. The van der Waals surface area contributed by atoms with E-state index in [0.29, 0.717) is 40.5 Å². The molecule has 4 aromatic rings. The Morgan fingerprint density at radius 3 is 2.39 bits per heavy atom. The number of halogens is 4. The van der Waals surface area contributed by atoms with Crippen LogP contribution in [0, 0.1) is 12.0 Å². The normalized spacial score (nSPS) is 11.4. The van der Waals surface area contributed by atoms with E-state index in [1.165, 1.54) is 12.1 Å². The van der Waals surface area contributed by atoms with Crippen LogP contribution in [0.2, 0.25) is 0 Å². The fourth-order valence-corrected chi connectivity index (χ4v) is 2.97. The topological polar surface area (TPSA) is 115 Å². The number of alkyl halides is 3. The molecule has 0 atom stereocenters. The van der Waals surface area contributed by atoms with Gasteiger partial charge in [0.25, 0.3) is 0 Å². The quantitative estimate of drug-likeness (QED) is 0.389. The lowest BCUT2D eigenvalue weighted by Gasteiger charge is -2.12. The number of urea groups is 1. The minimum Gasteiger partial charge on any atom is -0.350 e. The first-order valence-corrected chi connectivity index (χ1v) is 9.24. The summed E-state index contributed by atoms with van der Waals surface area (Å²) in [6, 6.07) is 9.57. The first-order valence-electron chi connectivity index (χ1n) is 9.24. The van der Waals surface area contributed by atoms with E-state index in [1.807, 2.05) is 0 Å². The average molecular weight is 457 g/mol. The molecule has 3 amide bonds. The van der Waals surface area contributed by atoms with Gasteiger partial charge < -0.3 is 16.4 Å². The van der Waals surface area contributed by atoms with Gasteiger partial charge in [0.2, 0.25) is 0 Å². The van der Waals surface area contributed by atoms with Gasteiger partial charge in [-0.15, -0.1) is 0 Å². The number of anilines is 2. The van der Waals surface area contributed by atoms with E-state index in [-0.39, 0.29) is 5.65 Å². The monoisotopic (exact) mass is 457 g/mol. The molecular weight excluding hydrogens is 444 g/mol. The van der Waals surface area contributed by atoms with Crippen molar-refractivity contribution in [1.29, 1.82) is 0 Å². The second-order valence-electron chi connectivity index (χ2n) is 6.78. The van der Waals surface area contributed by atoms with E-state index in [9.17, 15) is 27.2 Å². The molecule has 0 aliphatic heterocycles. The third kappa shape index (κ3) is 4.59. The van der Waals surface area contributed by atoms with Gasteiger partial charge in [0.1, 0.15) is 12.0 Å². The molecule has 0 bridgehead atoms. The number of aromatic nitrogens is 3. The van der Waals surface area contributed by atoms with Crippen LogP contribution >= 0.6 is 0 Å². The van der Waals surface area contributed by atoms with Crippen molar-refractivity contribution in [2.45, 2.75) is 6.18 Å². The van der Waals surface area contributed by atoms with Crippen LogP contribution < -0.4 is 16.4 Å². The Bertz CT molecular complexity index is 1370. The van der Waals surface area contributed by atoms with Crippen molar-refractivity contribution < 1.29 is 27.2 Å². The lowest BCUT2D eigenvalue weighted by Crippen LogP contribution is -2.21. The largest absolute Gasteiger partial charge is 0.416 e. The Balaban J connectivity index is 1.49. The second-order valence-corrected chi connectivity index (χ2v) is 6.78. The molecule has 0 saturated carbocycles. The Hall–Kier alpha value is -4.48. The predicted molar refractivity (Wildman–Crippen MR) is 111 cm³/mol. The van der Waals surface area contributed by atoms with Crippen LogP contribution in [-0.2, 0) is 6.18 Å². The number of hydrogen-bond donors (Lipinski definition) is 3. The molecule has 0 fully saturated rings. The van der Waals surface area contributed by atoms with E-state index < -0.39 is 35.3 Å². The summed E-state index contributed by atoms with van der Waals surface area (Å²) in [6.45, 7) is 0. The molecule has 167 valence electrons. The van der Waals surface area contributed by atoms with Crippen LogP contribution in [0.4, 0.5) is 38.5 Å². The van der Waals surface area contributed by atoms with Gasteiger partial charge in [-0.1, -0.05) is 12.1 Å². The molecule has 0 unspecified atom stereocenters. The van der Waals surface area contributed by atoms with Gasteiger partial charge in [-0.05, 0) is 42.5 Å². The standard InChI is InChI=1S/C21H13F4N6O2/c22-15-7-4-13(21(23,24)25)9-17(15)30-20(33)28-14-5-1-11(2-6-14)16-8-3-12-10-27-31(19(26)32)18(12)29-16/h1-9H,(H2,26,32)(H2,28,30,33). The zero-order valence-corrected chi connectivity index (χ0v) is 16.4. The van der Waals surface area contributed by atoms with E-state index in [1.54, 1.807) is 24.3 Å². The Morgan fingerprint density at radius 2 is 1.73 bits per heavy atom. The SMILES string of the molecule is NC(=O)n1n[c]c2ccc(-c3ccc(NC(=O)Nc4cc(C(F)(F)F)ccc4F)cc3)nc21. The number of benzene rings is 2. The third-order valence-corrected chi connectivity index (χ3v) is 4.54. The van der Waals surface area contributed by atoms with Gasteiger partial charge in [0, 0.05) is 16.6 Å². The third-order valence-electron chi connectivity index (χ3n) is 4.54. The molecule has 4 N–H and O–H groups in total. The fraction of sp³-hybridized carbons (Fsp3) is 0.0476. The van der Waals surface area contributed by atoms with Crippen molar-refractivity contribution >= 4 is 34.5 Å². The molecular formula is C21H13F4N6O2. The summed E-state index contributed by atoms with van der Waals surface area (Å²) < 4.78 is 53.1. The van der Waals surface area contributed by atoms with Crippen molar-refractivity contribution in [3.63, 3.8) is 0 Å². The number of hydrogen-bond acceptors (Lipinski definition) is 4. The van der Waals surface area contributed by atoms with Gasteiger partial charge in [-0.2, -0.15) is 23.0 Å². The number of carbonyl (C=O) groups excluding carboxylic acids is 2. The van der Waals surface area contributed by atoms with E-state index in [4.69, 9.17) is 5.73 Å². The van der Waals surface area contributed by atoms with E-state index in [2.05, 4.69) is 26.9 Å². The molecule has 2 aromatic carbocycles. The first kappa shape index (κ1) is 21.7. The molecule has 4 rings (SSSR count). The minimum absolute atomic E-state index is 0.227. The van der Waals surface area contributed by atoms with Crippen LogP contribution in [-0.4, -0.2) is 26.8 Å². The zero-order chi connectivity index (χ0) is 23.8. The van der Waals surface area contributed by atoms with Crippen LogP contribution in [0.5, 0.6) is 0 Å². The van der Waals surface area contributed by atoms with Crippen LogP contribution in [0.3, 0.4) is 0 Å². The summed E-state index contributed by atoms with van der Waals surface area (Å²) in [4.78, 5) is 27.9. The van der Waals surface area contributed by atoms with Crippen molar-refractivity contribution in [2.24, 2.45) is 5.73 Å². The first-order chi connectivity index (χ1) is 15.6. The number of nitrogens with two attached hydrogens (primary N) is 1. The Labute approximate surface area is 183 Å². The average Bonchev–Trinajstić information content (AvgIpc) is 3.18. The molecule has 0 spiro atoms. The summed E-state index contributed by atoms with van der Waals surface area (Å²) >= 11 is 0. The maximum absolute atomic E-state index is 13.8. The molecule has 0 aliphatic rings. The Morgan fingerprint density at radius 1 is 1.00 bits per heavy atom. The second kappa shape index (κ2) is 8.22. The lowest BCUT2D eigenvalue weighted by atomic mass is 10.1. The molecule has 8 nitrogen and oxygen atoms in total. The summed E-state index contributed by atoms with van der Waals surface area (Å²) in [7, 11) is 0. The van der Waals surface area contributed by atoms with Crippen molar-refractivity contribution in [3.05, 3.63) is 72.2 Å². The van der Waals surface area contributed by atoms with Gasteiger partial charge in [-0.25, -0.2) is 19.0 Å². The van der Waals surface area contributed by atoms with Crippen molar-refractivity contribution in [2.75, 3.05) is 10.6 Å². The highest BCUT2D eigenvalue weighted by atomic mass is 19.4. The van der Waals surface area contributed by atoms with Gasteiger partial charge in [0.05, 0.1) is 16.9 Å². The Kier molecular flexibility index (Phi) is 5.42. The van der Waals surface area contributed by atoms with Crippen molar-refractivity contribution in [1.82, 2.24) is 14.8 Å². The molecule has 0 saturated heterocycles. The maximum atomic E-state index is 13.8. The number of primary amides is 1. The number of nitrogens with zero attached hydrogens (tertiary/aromatic N) is 3. The molecule has 12 heteroatoms. The van der Waals surface area contributed by atoms with Crippen LogP contribution in [0.25, 0.3) is 22.3 Å². The zero-order valence-electron chi connectivity index (χ0n) is 16.4. The molecule has 2 heterocycles. The predicted octanol–water partition coefficient (Wildman–Crippen LogP) is 4.63. The van der Waals surface area contributed by atoms with Crippen LogP contribution in [0.15, 0.2) is 54.6 Å². The number of nitrogens with one attached hydrogen (secondary N) is 2. The highest BCUT2D eigenvalue weighted by Gasteiger charge is 2.31. The van der Waals surface area contributed by atoms with Gasteiger partial charge >= 0.3 is 18.2 Å². The van der Waals surface area contributed by atoms with Crippen LogP contribution in [0.1, 0.15) is 5.56 Å². The smallest absolute Gasteiger partial charge is 0.350 e. The molecule has 0 aliphatic carbocycles. The summed E-state index contributed by atoms with van der Waals surface area (Å²) in [6.07, 6.45) is -2.06. The number of pyridine rings is 1. The minimum atomic E-state index is -4.68. The number of rotatable bonds is 3. The summed E-state index contributed by atoms with van der Waals surface area (Å²) in [5.74, 6) is -1.01. The summed E-state index contributed by atoms with van der Waals surface area (Å²) in [5, 5.41) is 8.70. The van der Waals surface area contributed by atoms with Gasteiger partial charge in [0.15, 0.2) is 5.65 Å². The number of carbonyl (C=O) groups is 2. The van der Waals surface area contributed by atoms with Gasteiger partial charge in [-0.3, -0.25) is 0 Å². The lowest BCUT2D eigenvalue weighted by molar-refractivity contribution is -0.137. The van der Waals surface area contributed by atoms with E-state index >= 15 is 0 Å². The summed E-state index contributed by atoms with van der Waals surface area (Å²) in [5.41, 5.74) is 5.18. The van der Waals surface area contributed by atoms with Crippen molar-refractivity contribution in [3.8, 4) is 11.3 Å². The van der Waals surface area contributed by atoms with E-state index in [0.717, 1.165) is 4.68 Å². The maximum Gasteiger partial charge on any atom is 0.416 e. The number of amides is 3.